The van der Waals surface area contributed by atoms with Crippen molar-refractivity contribution in [2.24, 2.45) is 5.41 Å². The summed E-state index contributed by atoms with van der Waals surface area (Å²) in [4.78, 5) is 27.5. The number of benzene rings is 2. The van der Waals surface area contributed by atoms with Crippen molar-refractivity contribution >= 4 is 11.7 Å². The molecule has 4 rings (SSSR count). The van der Waals surface area contributed by atoms with Crippen LogP contribution in [0.25, 0.3) is 0 Å². The van der Waals surface area contributed by atoms with Crippen molar-refractivity contribution in [3.63, 3.8) is 0 Å². The van der Waals surface area contributed by atoms with Crippen molar-refractivity contribution in [3.8, 4) is 0 Å². The molecule has 30 heavy (non-hydrogen) atoms. The molecule has 2 aromatic carbocycles. The number of likely N-dealkylation sites (tertiary alicyclic amines) is 1. The second-order valence-electron chi connectivity index (χ2n) is 8.70. The van der Waals surface area contributed by atoms with E-state index in [1.54, 1.807) is 0 Å². The van der Waals surface area contributed by atoms with Crippen LogP contribution in [0.2, 0.25) is 0 Å². The van der Waals surface area contributed by atoms with E-state index in [2.05, 4.69) is 10.2 Å². The summed E-state index contributed by atoms with van der Waals surface area (Å²) in [5.41, 5.74) is 2.57. The van der Waals surface area contributed by atoms with E-state index in [1.807, 2.05) is 43.3 Å². The number of halogens is 1. The molecule has 1 spiro atoms. The lowest BCUT2D eigenvalue weighted by molar-refractivity contribution is -0.130. The molecule has 0 aromatic heterocycles. The summed E-state index contributed by atoms with van der Waals surface area (Å²) >= 11 is 0. The van der Waals surface area contributed by atoms with Gasteiger partial charge < -0.3 is 10.2 Å². The third-order valence-electron chi connectivity index (χ3n) is 6.86. The Bertz CT molecular complexity index is 900. The Morgan fingerprint density at radius 1 is 1.10 bits per heavy atom. The minimum absolute atomic E-state index is 0.0934. The number of carbonyl (C=O) groups is 2. The molecule has 2 aromatic rings. The van der Waals surface area contributed by atoms with Crippen LogP contribution in [0.4, 0.5) is 4.39 Å². The highest BCUT2D eigenvalue weighted by Gasteiger charge is 2.51. The smallest absolute Gasteiger partial charge is 0.227 e. The van der Waals surface area contributed by atoms with Gasteiger partial charge in [0, 0.05) is 24.4 Å². The molecule has 0 saturated carbocycles. The zero-order valence-electron chi connectivity index (χ0n) is 17.5. The van der Waals surface area contributed by atoms with E-state index >= 15 is 0 Å². The molecule has 2 saturated heterocycles. The van der Waals surface area contributed by atoms with Crippen LogP contribution >= 0.6 is 0 Å². The van der Waals surface area contributed by atoms with Gasteiger partial charge in [-0.05, 0) is 63.5 Å². The predicted octanol–water partition coefficient (Wildman–Crippen LogP) is 4.09. The standard InChI is InChI=1S/C25H29FN2O2/c1-18-4-6-20(7-5-18)23(29)3-2-14-28-15-12-25(13-16-28)22(17-27-24(25)30)19-8-10-21(26)11-9-19/h4-11,22H,2-3,12-17H2,1H3,(H,27,30)/t22-/m0/s1. The van der Waals surface area contributed by atoms with Crippen LogP contribution in [-0.4, -0.2) is 42.8 Å². The molecule has 2 heterocycles. The number of piperidine rings is 1. The van der Waals surface area contributed by atoms with Gasteiger partial charge in [0.25, 0.3) is 0 Å². The van der Waals surface area contributed by atoms with Gasteiger partial charge in [-0.1, -0.05) is 42.0 Å². The van der Waals surface area contributed by atoms with Crippen LogP contribution in [0.3, 0.4) is 0 Å². The van der Waals surface area contributed by atoms with Crippen molar-refractivity contribution in [1.82, 2.24) is 10.2 Å². The summed E-state index contributed by atoms with van der Waals surface area (Å²) in [6.45, 7) is 5.21. The Hall–Kier alpha value is -2.53. The molecule has 158 valence electrons. The number of nitrogens with zero attached hydrogens (tertiary/aromatic N) is 1. The molecular formula is C25H29FN2O2. The van der Waals surface area contributed by atoms with Gasteiger partial charge >= 0.3 is 0 Å². The van der Waals surface area contributed by atoms with Crippen LogP contribution in [0.15, 0.2) is 48.5 Å². The first kappa shape index (κ1) is 20.7. The highest BCUT2D eigenvalue weighted by Crippen LogP contribution is 2.47. The average molecular weight is 409 g/mol. The number of hydrogen-bond acceptors (Lipinski definition) is 3. The normalized spacial score (nSPS) is 21.0. The SMILES string of the molecule is Cc1ccc(C(=O)CCCN2CCC3(CC2)C(=O)NC[C@H]3c2ccc(F)cc2)cc1. The van der Waals surface area contributed by atoms with Crippen molar-refractivity contribution in [2.45, 2.75) is 38.5 Å². The third-order valence-corrected chi connectivity index (χ3v) is 6.86. The molecule has 2 aliphatic heterocycles. The van der Waals surface area contributed by atoms with E-state index in [0.29, 0.717) is 13.0 Å². The maximum atomic E-state index is 13.3. The molecule has 0 radical (unpaired) electrons. The largest absolute Gasteiger partial charge is 0.355 e. The molecule has 0 unspecified atom stereocenters. The number of hydrogen-bond donors (Lipinski definition) is 1. The fraction of sp³-hybridized carbons (Fsp3) is 0.440. The zero-order chi connectivity index (χ0) is 21.1. The van der Waals surface area contributed by atoms with Crippen molar-refractivity contribution in [1.29, 1.82) is 0 Å². The number of rotatable bonds is 6. The molecule has 0 bridgehead atoms. The minimum Gasteiger partial charge on any atom is -0.355 e. The third kappa shape index (κ3) is 4.17. The molecule has 5 heteroatoms. The second kappa shape index (κ2) is 8.68. The molecule has 1 amide bonds. The molecule has 1 atom stereocenters. The van der Waals surface area contributed by atoms with Crippen LogP contribution in [0.1, 0.15) is 53.1 Å². The van der Waals surface area contributed by atoms with E-state index < -0.39 is 5.41 Å². The van der Waals surface area contributed by atoms with Crippen LogP contribution in [0.5, 0.6) is 0 Å². The molecule has 0 aliphatic carbocycles. The highest BCUT2D eigenvalue weighted by molar-refractivity contribution is 5.96. The van der Waals surface area contributed by atoms with Gasteiger partial charge in [-0.2, -0.15) is 0 Å². The Morgan fingerprint density at radius 2 is 1.77 bits per heavy atom. The van der Waals surface area contributed by atoms with Gasteiger partial charge in [-0.15, -0.1) is 0 Å². The molecule has 2 aliphatic rings. The van der Waals surface area contributed by atoms with Gasteiger partial charge in [0.1, 0.15) is 5.82 Å². The Kier molecular flexibility index (Phi) is 6.00. The number of amides is 1. The highest BCUT2D eigenvalue weighted by atomic mass is 19.1. The number of nitrogens with one attached hydrogen (secondary N) is 1. The van der Waals surface area contributed by atoms with Gasteiger partial charge in [0.05, 0.1) is 5.41 Å². The monoisotopic (exact) mass is 408 g/mol. The summed E-state index contributed by atoms with van der Waals surface area (Å²) in [6, 6.07) is 14.3. The fourth-order valence-electron chi connectivity index (χ4n) is 4.95. The average Bonchev–Trinajstić information content (AvgIpc) is 3.06. The Morgan fingerprint density at radius 3 is 2.43 bits per heavy atom. The summed E-state index contributed by atoms with van der Waals surface area (Å²) in [5, 5.41) is 3.04. The van der Waals surface area contributed by atoms with Crippen molar-refractivity contribution in [3.05, 3.63) is 71.0 Å². The number of ketones is 1. The first-order valence-corrected chi connectivity index (χ1v) is 10.8. The minimum atomic E-state index is -0.397. The molecule has 4 nitrogen and oxygen atoms in total. The van der Waals surface area contributed by atoms with E-state index in [4.69, 9.17) is 0 Å². The number of Topliss-reactive ketones (excluding diaryl/α,β-unsaturated/α-hetero) is 1. The summed E-state index contributed by atoms with van der Waals surface area (Å²) in [5.74, 6) is 0.164. The van der Waals surface area contributed by atoms with E-state index in [-0.39, 0.29) is 23.4 Å². The van der Waals surface area contributed by atoms with Gasteiger partial charge in [-0.25, -0.2) is 4.39 Å². The Balaban J connectivity index is 1.31. The lowest BCUT2D eigenvalue weighted by Crippen LogP contribution is -2.46. The molecule has 1 N–H and O–H groups in total. The quantitative estimate of drug-likeness (QED) is 0.733. The predicted molar refractivity (Wildman–Crippen MR) is 115 cm³/mol. The van der Waals surface area contributed by atoms with E-state index in [1.165, 1.54) is 12.1 Å². The molecular weight excluding hydrogens is 379 g/mol. The van der Waals surface area contributed by atoms with Gasteiger partial charge in [0.15, 0.2) is 5.78 Å². The fourth-order valence-corrected chi connectivity index (χ4v) is 4.95. The van der Waals surface area contributed by atoms with Crippen LogP contribution in [-0.2, 0) is 4.79 Å². The lowest BCUT2D eigenvalue weighted by Gasteiger charge is -2.41. The van der Waals surface area contributed by atoms with Gasteiger partial charge in [0.2, 0.25) is 5.91 Å². The van der Waals surface area contributed by atoms with E-state index in [9.17, 15) is 14.0 Å². The second-order valence-corrected chi connectivity index (χ2v) is 8.70. The number of carbonyl (C=O) groups excluding carboxylic acids is 2. The first-order valence-electron chi connectivity index (χ1n) is 10.8. The molecule has 2 fully saturated rings. The maximum Gasteiger partial charge on any atom is 0.227 e. The summed E-state index contributed by atoms with van der Waals surface area (Å²) in [7, 11) is 0. The zero-order valence-corrected chi connectivity index (χ0v) is 17.5. The summed E-state index contributed by atoms with van der Waals surface area (Å²) < 4.78 is 13.3. The Labute approximate surface area is 177 Å². The van der Waals surface area contributed by atoms with Gasteiger partial charge in [-0.3, -0.25) is 9.59 Å². The first-order chi connectivity index (χ1) is 14.5. The summed E-state index contributed by atoms with van der Waals surface area (Å²) in [6.07, 6.45) is 2.97. The topological polar surface area (TPSA) is 49.4 Å². The van der Waals surface area contributed by atoms with Crippen LogP contribution < -0.4 is 5.32 Å². The van der Waals surface area contributed by atoms with E-state index in [0.717, 1.165) is 55.6 Å². The van der Waals surface area contributed by atoms with Crippen molar-refractivity contribution < 1.29 is 14.0 Å². The van der Waals surface area contributed by atoms with Crippen molar-refractivity contribution in [2.75, 3.05) is 26.2 Å². The maximum absolute atomic E-state index is 13.3. The lowest BCUT2D eigenvalue weighted by atomic mass is 9.68. The van der Waals surface area contributed by atoms with Crippen LogP contribution in [0, 0.1) is 18.2 Å². The number of aryl methyl sites for hydroxylation is 1.